The highest BCUT2D eigenvalue weighted by atomic mass is 32.1. The number of halogens is 1. The quantitative estimate of drug-likeness (QED) is 0.880. The van der Waals surface area contributed by atoms with E-state index in [9.17, 15) is 19.2 Å². The van der Waals surface area contributed by atoms with Crippen LogP contribution >= 0.6 is 11.3 Å². The first-order valence-corrected chi connectivity index (χ1v) is 9.80. The Hall–Kier alpha value is -2.72. The predicted octanol–water partition coefficient (Wildman–Crippen LogP) is 3.63. The maximum Gasteiger partial charge on any atom is 0.230 e. The number of carbonyl (C=O) groups is 2. The third kappa shape index (κ3) is 3.33. The molecule has 1 N–H and O–H groups in total. The second-order valence-electron chi connectivity index (χ2n) is 6.90. The summed E-state index contributed by atoms with van der Waals surface area (Å²) in [5, 5.41) is 13.0. The number of nitriles is 1. The highest BCUT2D eigenvalue weighted by Crippen LogP contribution is 2.38. The number of hydrogen-bond acceptors (Lipinski definition) is 4. The third-order valence-electron chi connectivity index (χ3n) is 5.15. The number of rotatable bonds is 3. The van der Waals surface area contributed by atoms with Gasteiger partial charge in [-0.25, -0.2) is 4.39 Å². The summed E-state index contributed by atoms with van der Waals surface area (Å²) < 4.78 is 13.1. The van der Waals surface area contributed by atoms with E-state index in [0.717, 1.165) is 31.2 Å². The van der Waals surface area contributed by atoms with Crippen molar-refractivity contribution < 1.29 is 14.0 Å². The fourth-order valence-corrected chi connectivity index (χ4v) is 4.98. The molecule has 0 saturated carbocycles. The summed E-state index contributed by atoms with van der Waals surface area (Å²) >= 11 is 1.48. The minimum absolute atomic E-state index is 0.107. The van der Waals surface area contributed by atoms with Crippen LogP contribution in [0.1, 0.15) is 35.3 Å². The zero-order valence-corrected chi connectivity index (χ0v) is 15.4. The van der Waals surface area contributed by atoms with Gasteiger partial charge in [0.15, 0.2) is 0 Å². The van der Waals surface area contributed by atoms with Gasteiger partial charge in [0.05, 0.1) is 11.5 Å². The molecule has 2 aromatic rings. The van der Waals surface area contributed by atoms with Crippen LogP contribution in [0.4, 0.5) is 15.1 Å². The molecule has 2 amide bonds. The number of carbonyl (C=O) groups excluding carboxylic acids is 2. The predicted molar refractivity (Wildman–Crippen MR) is 101 cm³/mol. The number of benzene rings is 1. The molecular formula is C20H18FN3O2S. The van der Waals surface area contributed by atoms with Crippen LogP contribution in [0.5, 0.6) is 0 Å². The molecule has 0 spiro atoms. The van der Waals surface area contributed by atoms with Crippen LogP contribution < -0.4 is 10.2 Å². The molecule has 1 fully saturated rings. The van der Waals surface area contributed by atoms with E-state index < -0.39 is 5.92 Å². The van der Waals surface area contributed by atoms with E-state index in [0.29, 0.717) is 16.3 Å². The normalized spacial score (nSPS) is 18.9. The molecule has 4 rings (SSSR count). The summed E-state index contributed by atoms with van der Waals surface area (Å²) in [6.45, 7) is 0.253. The molecule has 2 aliphatic rings. The Labute approximate surface area is 160 Å². The van der Waals surface area contributed by atoms with Crippen molar-refractivity contribution in [1.82, 2.24) is 0 Å². The van der Waals surface area contributed by atoms with Gasteiger partial charge in [0.2, 0.25) is 11.8 Å². The Morgan fingerprint density at radius 1 is 1.26 bits per heavy atom. The van der Waals surface area contributed by atoms with Crippen molar-refractivity contribution in [2.24, 2.45) is 5.92 Å². The average molecular weight is 383 g/mol. The van der Waals surface area contributed by atoms with Crippen LogP contribution in [-0.2, 0) is 22.4 Å². The molecule has 1 aliphatic carbocycles. The Morgan fingerprint density at radius 2 is 2.00 bits per heavy atom. The molecule has 5 nitrogen and oxygen atoms in total. The van der Waals surface area contributed by atoms with Gasteiger partial charge in [-0.1, -0.05) is 0 Å². The Morgan fingerprint density at radius 3 is 2.74 bits per heavy atom. The fourth-order valence-electron chi connectivity index (χ4n) is 3.74. The van der Waals surface area contributed by atoms with Gasteiger partial charge in [0, 0.05) is 23.5 Å². The van der Waals surface area contributed by atoms with Crippen molar-refractivity contribution >= 4 is 33.8 Å². The molecule has 1 aromatic heterocycles. The van der Waals surface area contributed by atoms with Gasteiger partial charge in [-0.3, -0.25) is 9.59 Å². The molecule has 1 aromatic carbocycles. The summed E-state index contributed by atoms with van der Waals surface area (Å²) in [5.41, 5.74) is 2.23. The second kappa shape index (κ2) is 7.12. The largest absolute Gasteiger partial charge is 0.316 e. The third-order valence-corrected chi connectivity index (χ3v) is 6.36. The molecule has 2 heterocycles. The van der Waals surface area contributed by atoms with Gasteiger partial charge in [-0.15, -0.1) is 11.3 Å². The number of anilines is 2. The lowest BCUT2D eigenvalue weighted by atomic mass is 9.96. The van der Waals surface area contributed by atoms with E-state index in [1.807, 2.05) is 0 Å². The minimum Gasteiger partial charge on any atom is -0.316 e. The van der Waals surface area contributed by atoms with Gasteiger partial charge in [-0.2, -0.15) is 5.26 Å². The van der Waals surface area contributed by atoms with Crippen LogP contribution in [0.2, 0.25) is 0 Å². The number of thiophene rings is 1. The summed E-state index contributed by atoms with van der Waals surface area (Å²) in [6.07, 6.45) is 4.11. The first kappa shape index (κ1) is 17.7. The molecule has 0 bridgehead atoms. The SMILES string of the molecule is N#Cc1c(NC(=O)[C@@H]2CC(=O)N(c3ccc(F)cc3)C2)sc2c1CCCC2. The highest BCUT2D eigenvalue weighted by molar-refractivity contribution is 7.16. The van der Waals surface area contributed by atoms with Crippen molar-refractivity contribution in [3.05, 3.63) is 46.1 Å². The standard InChI is InChI=1S/C20H18FN3O2S/c21-13-5-7-14(8-6-13)24-11-12(9-18(24)25)19(26)23-20-16(10-22)15-3-1-2-4-17(15)27-20/h5-8,12H,1-4,9,11H2,(H,23,26)/t12-/m1/s1. The van der Waals surface area contributed by atoms with Crippen molar-refractivity contribution in [2.45, 2.75) is 32.1 Å². The molecule has 7 heteroatoms. The van der Waals surface area contributed by atoms with Gasteiger partial charge in [-0.05, 0) is 55.5 Å². The van der Waals surface area contributed by atoms with Crippen molar-refractivity contribution in [1.29, 1.82) is 5.26 Å². The van der Waals surface area contributed by atoms with E-state index in [-0.39, 0.29) is 30.6 Å². The number of aryl methyl sites for hydroxylation is 1. The van der Waals surface area contributed by atoms with Gasteiger partial charge >= 0.3 is 0 Å². The highest BCUT2D eigenvalue weighted by Gasteiger charge is 2.36. The lowest BCUT2D eigenvalue weighted by molar-refractivity contribution is -0.122. The van der Waals surface area contributed by atoms with E-state index in [2.05, 4.69) is 11.4 Å². The van der Waals surface area contributed by atoms with Gasteiger partial charge < -0.3 is 10.2 Å². The summed E-state index contributed by atoms with van der Waals surface area (Å²) in [6, 6.07) is 7.90. The molecule has 138 valence electrons. The topological polar surface area (TPSA) is 73.2 Å². The van der Waals surface area contributed by atoms with Crippen LogP contribution in [0.25, 0.3) is 0 Å². The lowest BCUT2D eigenvalue weighted by Gasteiger charge is -2.16. The Balaban J connectivity index is 1.50. The van der Waals surface area contributed by atoms with E-state index in [1.165, 1.54) is 45.4 Å². The van der Waals surface area contributed by atoms with Crippen LogP contribution in [0.3, 0.4) is 0 Å². The number of fused-ring (bicyclic) bond motifs is 1. The van der Waals surface area contributed by atoms with Gasteiger partial charge in [0.1, 0.15) is 16.9 Å². The summed E-state index contributed by atoms with van der Waals surface area (Å²) in [4.78, 5) is 27.7. The molecule has 1 saturated heterocycles. The molecule has 0 unspecified atom stereocenters. The number of amides is 2. The molecule has 1 aliphatic heterocycles. The molecule has 0 radical (unpaired) electrons. The monoisotopic (exact) mass is 383 g/mol. The zero-order valence-electron chi connectivity index (χ0n) is 14.6. The van der Waals surface area contributed by atoms with Crippen LogP contribution in [0, 0.1) is 23.1 Å². The average Bonchev–Trinajstić information content (AvgIpc) is 3.22. The fraction of sp³-hybridized carbons (Fsp3) is 0.350. The summed E-state index contributed by atoms with van der Waals surface area (Å²) in [7, 11) is 0. The Bertz CT molecular complexity index is 945. The number of hydrogen-bond donors (Lipinski definition) is 1. The smallest absolute Gasteiger partial charge is 0.230 e. The Kier molecular flexibility index (Phi) is 4.66. The first-order chi connectivity index (χ1) is 13.1. The maximum absolute atomic E-state index is 13.1. The van der Waals surface area contributed by atoms with Gasteiger partial charge in [0.25, 0.3) is 0 Å². The zero-order chi connectivity index (χ0) is 19.0. The first-order valence-electron chi connectivity index (χ1n) is 8.98. The summed E-state index contributed by atoms with van der Waals surface area (Å²) in [5.74, 6) is -1.27. The van der Waals surface area contributed by atoms with Crippen LogP contribution in [0.15, 0.2) is 24.3 Å². The molecule has 1 atom stereocenters. The maximum atomic E-state index is 13.1. The van der Waals surface area contributed by atoms with E-state index in [4.69, 9.17) is 0 Å². The van der Waals surface area contributed by atoms with E-state index >= 15 is 0 Å². The second-order valence-corrected chi connectivity index (χ2v) is 8.00. The number of nitrogens with zero attached hydrogens (tertiary/aromatic N) is 2. The number of nitrogens with one attached hydrogen (secondary N) is 1. The minimum atomic E-state index is -0.492. The van der Waals surface area contributed by atoms with E-state index in [1.54, 1.807) is 0 Å². The lowest BCUT2D eigenvalue weighted by Crippen LogP contribution is -2.28. The van der Waals surface area contributed by atoms with Crippen molar-refractivity contribution in [3.8, 4) is 6.07 Å². The van der Waals surface area contributed by atoms with Crippen molar-refractivity contribution in [2.75, 3.05) is 16.8 Å². The van der Waals surface area contributed by atoms with Crippen molar-refractivity contribution in [3.63, 3.8) is 0 Å². The molecule has 27 heavy (non-hydrogen) atoms. The van der Waals surface area contributed by atoms with Crippen LogP contribution in [-0.4, -0.2) is 18.4 Å². The molecular weight excluding hydrogens is 365 g/mol.